The summed E-state index contributed by atoms with van der Waals surface area (Å²) in [6.07, 6.45) is 6.27. The third-order valence-corrected chi connectivity index (χ3v) is 6.65. The molecule has 1 aliphatic heterocycles. The second kappa shape index (κ2) is 5.78. The molecule has 0 N–H and O–H groups in total. The highest BCUT2D eigenvalue weighted by Gasteiger charge is 2.23. The van der Waals surface area contributed by atoms with Crippen LogP contribution in [0.15, 0.2) is 79.0 Å². The van der Waals surface area contributed by atoms with Crippen LogP contribution in [-0.4, -0.2) is 16.3 Å². The van der Waals surface area contributed by atoms with Crippen LogP contribution in [0.25, 0.3) is 37.2 Å². The van der Waals surface area contributed by atoms with E-state index in [-0.39, 0.29) is 0 Å². The van der Waals surface area contributed by atoms with Gasteiger partial charge in [0.05, 0.1) is 11.4 Å². The number of nitrogens with zero attached hydrogens (tertiary/aromatic N) is 2. The van der Waals surface area contributed by atoms with Crippen LogP contribution in [0.1, 0.15) is 11.1 Å². The predicted molar refractivity (Wildman–Crippen MR) is 119 cm³/mol. The van der Waals surface area contributed by atoms with Gasteiger partial charge in [0.2, 0.25) is 0 Å². The van der Waals surface area contributed by atoms with Gasteiger partial charge in [-0.25, -0.2) is 4.98 Å². The molecule has 5 aromatic rings. The summed E-state index contributed by atoms with van der Waals surface area (Å²) in [5.74, 6) is 0. The quantitative estimate of drug-likeness (QED) is 0.184. The van der Waals surface area contributed by atoms with Crippen LogP contribution < -0.4 is 0 Å². The van der Waals surface area contributed by atoms with Gasteiger partial charge in [0.15, 0.2) is 11.3 Å². The molecule has 0 atom stereocenters. The van der Waals surface area contributed by atoms with E-state index in [1.54, 1.807) is 11.3 Å². The van der Waals surface area contributed by atoms with Crippen molar-refractivity contribution in [1.29, 1.82) is 0 Å². The fourth-order valence-electron chi connectivity index (χ4n) is 4.15. The van der Waals surface area contributed by atoms with Crippen molar-refractivity contribution >= 4 is 60.9 Å². The van der Waals surface area contributed by atoms with Crippen molar-refractivity contribution in [2.45, 2.75) is 0 Å². The van der Waals surface area contributed by atoms with Gasteiger partial charge >= 0.3 is 4.83 Å². The number of benzene rings is 3. The van der Waals surface area contributed by atoms with Gasteiger partial charge in [-0.1, -0.05) is 47.5 Å². The van der Waals surface area contributed by atoms with E-state index in [1.807, 2.05) is 12.3 Å². The summed E-state index contributed by atoms with van der Waals surface area (Å²) >= 11 is 1.75. The standard InChI is InChI=1S/C25H16N2S/c1-27-22-13-11-16-6-2-3-7-17(16)18(22)12-14-23(27)21-9-4-8-19-20-10-5-15-26-25(20)28-24(19)21/h2-15H,1H2. The number of pyridine rings is 1. The van der Waals surface area contributed by atoms with E-state index in [2.05, 4.69) is 89.1 Å². The van der Waals surface area contributed by atoms with Gasteiger partial charge in [-0.2, -0.15) is 12.1 Å². The summed E-state index contributed by atoms with van der Waals surface area (Å²) in [7, 11) is 0. The maximum absolute atomic E-state index is 4.56. The highest BCUT2D eigenvalue weighted by Crippen LogP contribution is 2.42. The number of fused-ring (bicyclic) bond motifs is 6. The Labute approximate surface area is 166 Å². The maximum atomic E-state index is 4.56. The molecule has 0 spiro atoms. The number of hydrogen-bond donors (Lipinski definition) is 0. The van der Waals surface area contributed by atoms with E-state index < -0.39 is 0 Å². The van der Waals surface area contributed by atoms with Crippen molar-refractivity contribution in [3.8, 4) is 0 Å². The van der Waals surface area contributed by atoms with Crippen LogP contribution >= 0.6 is 11.3 Å². The lowest BCUT2D eigenvalue weighted by molar-refractivity contribution is -0.400. The highest BCUT2D eigenvalue weighted by molar-refractivity contribution is 7.25. The van der Waals surface area contributed by atoms with Gasteiger partial charge in [0.1, 0.15) is 10.4 Å². The number of hydrogen-bond acceptors (Lipinski definition) is 1. The maximum Gasteiger partial charge on any atom is 0.316 e. The summed E-state index contributed by atoms with van der Waals surface area (Å²) in [4.78, 5) is 5.63. The van der Waals surface area contributed by atoms with Gasteiger partial charge in [-0.05, 0) is 34.4 Å². The molecule has 2 nitrogen and oxygen atoms in total. The first-order valence-electron chi connectivity index (χ1n) is 9.25. The van der Waals surface area contributed by atoms with Crippen LogP contribution in [0.3, 0.4) is 0 Å². The average molecular weight is 376 g/mol. The molecule has 0 unspecified atom stereocenters. The Hall–Kier alpha value is -3.43. The van der Waals surface area contributed by atoms with Crippen molar-refractivity contribution in [1.82, 2.24) is 4.98 Å². The largest absolute Gasteiger partial charge is 0.330 e. The Balaban J connectivity index is 1.57. The monoisotopic (exact) mass is 376 g/mol. The highest BCUT2D eigenvalue weighted by atomic mass is 32.1. The Kier molecular flexibility index (Phi) is 3.22. The molecule has 0 bridgehead atoms. The lowest BCUT2D eigenvalue weighted by Gasteiger charge is -2.28. The molecule has 0 saturated carbocycles. The zero-order valence-corrected chi connectivity index (χ0v) is 15.9. The van der Waals surface area contributed by atoms with Crippen molar-refractivity contribution in [2.24, 2.45) is 0 Å². The van der Waals surface area contributed by atoms with Crippen LogP contribution in [0, 0.1) is 6.04 Å². The summed E-state index contributed by atoms with van der Waals surface area (Å²) in [5.41, 5.74) is 3.56. The molecular weight excluding hydrogens is 360 g/mol. The SMILES string of the molecule is C=[N+]1c2ccc3ccccc3c2C=C[C-]1c1cccc2c3cccnc3[s+][c-]12. The molecule has 6 rings (SSSR count). The first-order valence-corrected chi connectivity index (χ1v) is 10.1. The third kappa shape index (κ3) is 2.11. The Morgan fingerprint density at radius 1 is 0.893 bits per heavy atom. The van der Waals surface area contributed by atoms with Crippen LogP contribution in [0.2, 0.25) is 0 Å². The normalized spacial score (nSPS) is 13.6. The van der Waals surface area contributed by atoms with E-state index in [1.165, 1.54) is 37.4 Å². The van der Waals surface area contributed by atoms with Crippen LogP contribution in [-0.2, 0) is 0 Å². The number of rotatable bonds is 1. The topological polar surface area (TPSA) is 15.9 Å². The van der Waals surface area contributed by atoms with Gasteiger partial charge in [-0.15, -0.1) is 12.1 Å². The van der Waals surface area contributed by atoms with Crippen LogP contribution in [0.5, 0.6) is 0 Å². The lowest BCUT2D eigenvalue weighted by Crippen LogP contribution is -2.15. The van der Waals surface area contributed by atoms with Gasteiger partial charge in [0.25, 0.3) is 0 Å². The molecule has 3 aromatic carbocycles. The Morgan fingerprint density at radius 3 is 2.75 bits per heavy atom. The molecule has 2 aromatic heterocycles. The zero-order chi connectivity index (χ0) is 18.7. The summed E-state index contributed by atoms with van der Waals surface area (Å²) in [6, 6.07) is 24.6. The molecule has 3 heteroatoms. The Bertz CT molecular complexity index is 1440. The molecular formula is C25H16N2S. The minimum Gasteiger partial charge on any atom is -0.330 e. The second-order valence-electron chi connectivity index (χ2n) is 7.01. The van der Waals surface area contributed by atoms with Crippen molar-refractivity contribution in [3.63, 3.8) is 0 Å². The third-order valence-electron chi connectivity index (χ3n) is 5.49. The van der Waals surface area contributed by atoms with E-state index in [4.69, 9.17) is 0 Å². The van der Waals surface area contributed by atoms with E-state index in [0.717, 1.165) is 16.6 Å². The van der Waals surface area contributed by atoms with E-state index in [0.29, 0.717) is 0 Å². The molecule has 0 aliphatic carbocycles. The summed E-state index contributed by atoms with van der Waals surface area (Å²) < 4.78 is 3.32. The molecule has 28 heavy (non-hydrogen) atoms. The first kappa shape index (κ1) is 15.6. The Morgan fingerprint density at radius 2 is 1.79 bits per heavy atom. The number of aromatic nitrogens is 1. The summed E-state index contributed by atoms with van der Waals surface area (Å²) in [5, 5.41) is 4.98. The fraction of sp³-hybridized carbons (Fsp3) is 0. The summed E-state index contributed by atoms with van der Waals surface area (Å²) in [6.45, 7) is 4.40. The fourth-order valence-corrected chi connectivity index (χ4v) is 5.31. The van der Waals surface area contributed by atoms with Gasteiger partial charge in [-0.3, -0.25) is 0 Å². The molecule has 3 heterocycles. The smallest absolute Gasteiger partial charge is 0.316 e. The number of thiophene rings is 1. The molecule has 0 amide bonds. The van der Waals surface area contributed by atoms with Crippen LogP contribution in [0.4, 0.5) is 5.69 Å². The minimum atomic E-state index is 1.08. The molecule has 0 radical (unpaired) electrons. The second-order valence-corrected chi connectivity index (χ2v) is 8.01. The van der Waals surface area contributed by atoms with E-state index >= 15 is 0 Å². The lowest BCUT2D eigenvalue weighted by atomic mass is 9.94. The first-order chi connectivity index (χ1) is 13.8. The van der Waals surface area contributed by atoms with Gasteiger partial charge < -0.3 is 4.58 Å². The molecule has 1 aliphatic rings. The van der Waals surface area contributed by atoms with E-state index in [9.17, 15) is 0 Å². The van der Waals surface area contributed by atoms with Crippen molar-refractivity contribution in [3.05, 3.63) is 96.2 Å². The van der Waals surface area contributed by atoms with Crippen molar-refractivity contribution < 1.29 is 4.58 Å². The van der Waals surface area contributed by atoms with Crippen molar-refractivity contribution in [2.75, 3.05) is 0 Å². The molecule has 132 valence electrons. The molecule has 0 fully saturated rings. The minimum absolute atomic E-state index is 1.08. The molecule has 0 saturated heterocycles. The van der Waals surface area contributed by atoms with Gasteiger partial charge in [0, 0.05) is 12.9 Å². The zero-order valence-electron chi connectivity index (χ0n) is 15.1. The average Bonchev–Trinajstić information content (AvgIpc) is 3.13. The predicted octanol–water partition coefficient (Wildman–Crippen LogP) is 6.55.